The molecule has 0 radical (unpaired) electrons. The molecule has 118 valence electrons. The number of thiophene rings is 1. The summed E-state index contributed by atoms with van der Waals surface area (Å²) in [5.41, 5.74) is 2.13. The maximum Gasteiger partial charge on any atom is 0.223 e. The summed E-state index contributed by atoms with van der Waals surface area (Å²) in [6, 6.07) is 4.06. The number of imidazole rings is 2. The molecule has 2 N–H and O–H groups in total. The van der Waals surface area contributed by atoms with Gasteiger partial charge in [0.05, 0.1) is 29.6 Å². The number of hydrogen-bond acceptors (Lipinski definition) is 4. The molecule has 3 aromatic heterocycles. The molecule has 1 unspecified atom stereocenters. The summed E-state index contributed by atoms with van der Waals surface area (Å²) < 4.78 is 2.11. The first-order valence-corrected chi connectivity index (χ1v) is 8.52. The molecular formula is C16H17N5OS. The van der Waals surface area contributed by atoms with Crippen molar-refractivity contribution in [2.45, 2.75) is 25.9 Å². The molecule has 0 aliphatic carbocycles. The number of carbonyl (C=O) groups excluding carboxylic acids is 1. The van der Waals surface area contributed by atoms with E-state index in [1.807, 2.05) is 36.2 Å². The van der Waals surface area contributed by atoms with Crippen LogP contribution in [-0.4, -0.2) is 25.4 Å². The van der Waals surface area contributed by atoms with Gasteiger partial charge in [0, 0.05) is 30.8 Å². The van der Waals surface area contributed by atoms with Crippen LogP contribution in [0, 0.1) is 5.92 Å². The van der Waals surface area contributed by atoms with E-state index in [1.165, 1.54) is 0 Å². The second-order valence-electron chi connectivity index (χ2n) is 5.71. The number of aryl methyl sites for hydroxylation is 1. The molecule has 1 aliphatic rings. The minimum Gasteiger partial charge on any atom is -0.349 e. The molecule has 1 amide bonds. The lowest BCUT2D eigenvalue weighted by atomic mass is 9.95. The van der Waals surface area contributed by atoms with Crippen molar-refractivity contribution in [1.82, 2.24) is 24.8 Å². The van der Waals surface area contributed by atoms with Crippen molar-refractivity contribution in [3.8, 4) is 10.6 Å². The SMILES string of the molecule is O=C(NCc1ncc(-c2cccs2)[nH]1)C1CCn2cncc2C1. The van der Waals surface area contributed by atoms with Crippen molar-refractivity contribution in [3.05, 3.63) is 47.8 Å². The van der Waals surface area contributed by atoms with Gasteiger partial charge < -0.3 is 14.9 Å². The third-order valence-electron chi connectivity index (χ3n) is 4.19. The minimum atomic E-state index is 0.0194. The highest BCUT2D eigenvalue weighted by Gasteiger charge is 2.24. The van der Waals surface area contributed by atoms with Crippen LogP contribution in [0.1, 0.15) is 17.9 Å². The molecule has 3 aromatic rings. The summed E-state index contributed by atoms with van der Waals surface area (Å²) >= 11 is 1.66. The van der Waals surface area contributed by atoms with E-state index in [0.29, 0.717) is 6.54 Å². The Kier molecular flexibility index (Phi) is 3.70. The van der Waals surface area contributed by atoms with E-state index in [-0.39, 0.29) is 11.8 Å². The first kappa shape index (κ1) is 14.2. The van der Waals surface area contributed by atoms with Crippen LogP contribution in [0.15, 0.2) is 36.2 Å². The lowest BCUT2D eigenvalue weighted by molar-refractivity contribution is -0.125. The van der Waals surface area contributed by atoms with Gasteiger partial charge in [-0.3, -0.25) is 4.79 Å². The van der Waals surface area contributed by atoms with Gasteiger partial charge in [0.2, 0.25) is 5.91 Å². The van der Waals surface area contributed by atoms with Gasteiger partial charge in [0.15, 0.2) is 0 Å². The number of hydrogen-bond donors (Lipinski definition) is 2. The summed E-state index contributed by atoms with van der Waals surface area (Å²) in [4.78, 5) is 25.2. The highest BCUT2D eigenvalue weighted by molar-refractivity contribution is 7.13. The zero-order valence-corrected chi connectivity index (χ0v) is 13.3. The fourth-order valence-corrected chi connectivity index (χ4v) is 3.61. The van der Waals surface area contributed by atoms with Gasteiger partial charge in [-0.2, -0.15) is 0 Å². The fraction of sp³-hybridized carbons (Fsp3) is 0.312. The van der Waals surface area contributed by atoms with Crippen LogP contribution in [0.2, 0.25) is 0 Å². The van der Waals surface area contributed by atoms with E-state index < -0.39 is 0 Å². The molecule has 4 rings (SSSR count). The number of rotatable bonds is 4. The Labute approximate surface area is 137 Å². The van der Waals surface area contributed by atoms with Crippen molar-refractivity contribution in [2.75, 3.05) is 0 Å². The number of nitrogens with zero attached hydrogens (tertiary/aromatic N) is 3. The number of aromatic nitrogens is 4. The monoisotopic (exact) mass is 327 g/mol. The van der Waals surface area contributed by atoms with Crippen LogP contribution in [0.3, 0.4) is 0 Å². The Hall–Kier alpha value is -2.41. The van der Waals surface area contributed by atoms with Gasteiger partial charge in [0.1, 0.15) is 5.82 Å². The molecule has 0 spiro atoms. The lowest BCUT2D eigenvalue weighted by Gasteiger charge is -2.22. The highest BCUT2D eigenvalue weighted by atomic mass is 32.1. The zero-order chi connectivity index (χ0) is 15.6. The highest BCUT2D eigenvalue weighted by Crippen LogP contribution is 2.23. The van der Waals surface area contributed by atoms with E-state index in [2.05, 4.69) is 24.8 Å². The summed E-state index contributed by atoms with van der Waals surface area (Å²) in [6.45, 7) is 1.29. The fourth-order valence-electron chi connectivity index (χ4n) is 2.92. The number of aromatic amines is 1. The molecule has 1 aliphatic heterocycles. The zero-order valence-electron chi connectivity index (χ0n) is 12.5. The standard InChI is InChI=1S/C16H17N5OS/c22-16(11-3-4-21-10-17-7-12(21)6-11)19-9-15-18-8-13(20-15)14-2-1-5-23-14/h1-2,5,7-8,10-11H,3-4,6,9H2,(H,18,20)(H,19,22). The topological polar surface area (TPSA) is 75.6 Å². The van der Waals surface area contributed by atoms with Crippen molar-refractivity contribution >= 4 is 17.2 Å². The van der Waals surface area contributed by atoms with Gasteiger partial charge >= 0.3 is 0 Å². The van der Waals surface area contributed by atoms with Crippen molar-refractivity contribution < 1.29 is 4.79 Å². The lowest BCUT2D eigenvalue weighted by Crippen LogP contribution is -2.35. The van der Waals surface area contributed by atoms with Gasteiger partial charge in [-0.05, 0) is 17.9 Å². The Morgan fingerprint density at radius 2 is 2.43 bits per heavy atom. The number of amides is 1. The average Bonchev–Trinajstić information content (AvgIpc) is 3.32. The summed E-state index contributed by atoms with van der Waals surface area (Å²) in [5.74, 6) is 0.889. The molecule has 0 fully saturated rings. The van der Waals surface area contributed by atoms with Crippen LogP contribution in [0.5, 0.6) is 0 Å². The number of nitrogens with one attached hydrogen (secondary N) is 2. The summed E-state index contributed by atoms with van der Waals surface area (Å²) in [5, 5.41) is 5.02. The molecule has 0 bridgehead atoms. The normalized spacial score (nSPS) is 17.0. The predicted molar refractivity (Wildman–Crippen MR) is 87.8 cm³/mol. The third-order valence-corrected chi connectivity index (χ3v) is 5.09. The largest absolute Gasteiger partial charge is 0.349 e. The molecule has 1 atom stereocenters. The minimum absolute atomic E-state index is 0.0194. The summed E-state index contributed by atoms with van der Waals surface area (Å²) in [6.07, 6.45) is 7.10. The van der Waals surface area contributed by atoms with E-state index in [9.17, 15) is 4.79 Å². The second kappa shape index (κ2) is 6.00. The molecule has 6 nitrogen and oxygen atoms in total. The third kappa shape index (κ3) is 2.92. The van der Waals surface area contributed by atoms with Gasteiger partial charge in [-0.1, -0.05) is 6.07 Å². The Bertz CT molecular complexity index is 804. The maximum absolute atomic E-state index is 12.4. The van der Waals surface area contributed by atoms with E-state index >= 15 is 0 Å². The van der Waals surface area contributed by atoms with Crippen molar-refractivity contribution in [3.63, 3.8) is 0 Å². The van der Waals surface area contributed by atoms with Gasteiger partial charge in [0.25, 0.3) is 0 Å². The number of fused-ring (bicyclic) bond motifs is 1. The van der Waals surface area contributed by atoms with Crippen LogP contribution >= 0.6 is 11.3 Å². The smallest absolute Gasteiger partial charge is 0.223 e. The van der Waals surface area contributed by atoms with Gasteiger partial charge in [-0.15, -0.1) is 11.3 Å². The number of carbonyl (C=O) groups is 1. The van der Waals surface area contributed by atoms with E-state index in [0.717, 1.165) is 41.5 Å². The molecule has 4 heterocycles. The molecule has 0 saturated heterocycles. The quantitative estimate of drug-likeness (QED) is 0.771. The maximum atomic E-state index is 12.4. The van der Waals surface area contributed by atoms with Crippen LogP contribution in [0.4, 0.5) is 0 Å². The summed E-state index contributed by atoms with van der Waals surface area (Å²) in [7, 11) is 0. The Morgan fingerprint density at radius 3 is 3.30 bits per heavy atom. The van der Waals surface area contributed by atoms with Crippen molar-refractivity contribution in [2.24, 2.45) is 5.92 Å². The average molecular weight is 327 g/mol. The van der Waals surface area contributed by atoms with Crippen LogP contribution in [0.25, 0.3) is 10.6 Å². The van der Waals surface area contributed by atoms with Crippen LogP contribution < -0.4 is 5.32 Å². The number of H-pyrrole nitrogens is 1. The molecule has 7 heteroatoms. The Balaban J connectivity index is 1.35. The predicted octanol–water partition coefficient (Wildman–Crippen LogP) is 2.21. The first-order chi connectivity index (χ1) is 11.3. The first-order valence-electron chi connectivity index (χ1n) is 7.64. The Morgan fingerprint density at radius 1 is 1.48 bits per heavy atom. The molecule has 23 heavy (non-hydrogen) atoms. The van der Waals surface area contributed by atoms with E-state index in [1.54, 1.807) is 11.3 Å². The van der Waals surface area contributed by atoms with E-state index in [4.69, 9.17) is 0 Å². The van der Waals surface area contributed by atoms with Crippen LogP contribution in [-0.2, 0) is 24.3 Å². The molecular weight excluding hydrogens is 310 g/mol. The van der Waals surface area contributed by atoms with Crippen molar-refractivity contribution in [1.29, 1.82) is 0 Å². The van der Waals surface area contributed by atoms with Gasteiger partial charge in [-0.25, -0.2) is 9.97 Å². The molecule has 0 saturated carbocycles. The second-order valence-corrected chi connectivity index (χ2v) is 6.65. The molecule has 0 aromatic carbocycles.